The maximum Gasteiger partial charge on any atom is 0.299 e. The van der Waals surface area contributed by atoms with Crippen LogP contribution in [0.1, 0.15) is 41.8 Å². The van der Waals surface area contributed by atoms with Gasteiger partial charge in [-0.15, -0.1) is 0 Å². The van der Waals surface area contributed by atoms with Gasteiger partial charge in [-0.05, 0) is 51.3 Å². The zero-order valence-corrected chi connectivity index (χ0v) is 12.3. The number of rotatable bonds is 3. The molecule has 1 aliphatic heterocycles. The molecule has 0 atom stereocenters. The van der Waals surface area contributed by atoms with Crippen LogP contribution in [0.15, 0.2) is 12.1 Å². The van der Waals surface area contributed by atoms with Crippen molar-refractivity contribution in [3.8, 4) is 6.07 Å². The summed E-state index contributed by atoms with van der Waals surface area (Å²) >= 11 is 0. The van der Waals surface area contributed by atoms with Crippen LogP contribution >= 0.6 is 0 Å². The summed E-state index contributed by atoms with van der Waals surface area (Å²) in [5, 5.41) is 9.05. The van der Waals surface area contributed by atoms with Crippen molar-refractivity contribution >= 4 is 17.4 Å². The molecule has 0 saturated heterocycles. The zero-order chi connectivity index (χ0) is 15.1. The average molecular weight is 270 g/mol. The number of ketones is 1. The number of carbonyl (C=O) groups excluding carboxylic acids is 2. The summed E-state index contributed by atoms with van der Waals surface area (Å²) in [4.78, 5) is 25.7. The van der Waals surface area contributed by atoms with Crippen molar-refractivity contribution < 1.29 is 9.59 Å². The Morgan fingerprint density at radius 2 is 1.90 bits per heavy atom. The Balaban J connectivity index is 2.37. The standard InChI is InChI=1S/C16H18N2O2/c1-10-7-11(2)13-12(8-10)18(15(20)14(13)19)6-5-16(3,4)9-17/h7-8H,5-6H2,1-4H3. The maximum atomic E-state index is 12.1. The van der Waals surface area contributed by atoms with Gasteiger partial charge in [-0.25, -0.2) is 0 Å². The van der Waals surface area contributed by atoms with E-state index in [9.17, 15) is 9.59 Å². The molecule has 104 valence electrons. The third-order valence-electron chi connectivity index (χ3n) is 3.68. The minimum atomic E-state index is -0.509. The van der Waals surface area contributed by atoms with E-state index < -0.39 is 17.1 Å². The number of fused-ring (bicyclic) bond motifs is 1. The average Bonchev–Trinajstić information content (AvgIpc) is 2.60. The van der Waals surface area contributed by atoms with E-state index in [1.807, 2.05) is 39.8 Å². The molecule has 0 aliphatic carbocycles. The van der Waals surface area contributed by atoms with Crippen LogP contribution in [0.4, 0.5) is 5.69 Å². The summed E-state index contributed by atoms with van der Waals surface area (Å²) < 4.78 is 0. The first-order chi connectivity index (χ1) is 9.26. The molecule has 0 fully saturated rings. The quantitative estimate of drug-likeness (QED) is 0.793. The molecular weight excluding hydrogens is 252 g/mol. The summed E-state index contributed by atoms with van der Waals surface area (Å²) in [6, 6.07) is 5.99. The molecule has 1 heterocycles. The monoisotopic (exact) mass is 270 g/mol. The number of Topliss-reactive ketones (excluding diaryl/α,β-unsaturated/α-hetero) is 1. The van der Waals surface area contributed by atoms with Crippen molar-refractivity contribution in [3.63, 3.8) is 0 Å². The number of hydrogen-bond acceptors (Lipinski definition) is 3. The van der Waals surface area contributed by atoms with Gasteiger partial charge in [-0.3, -0.25) is 9.59 Å². The van der Waals surface area contributed by atoms with E-state index in [0.717, 1.165) is 11.1 Å². The molecule has 1 amide bonds. The lowest BCUT2D eigenvalue weighted by molar-refractivity contribution is -0.114. The molecule has 20 heavy (non-hydrogen) atoms. The van der Waals surface area contributed by atoms with E-state index in [-0.39, 0.29) is 0 Å². The molecule has 0 unspecified atom stereocenters. The number of nitrogens with zero attached hydrogens (tertiary/aromatic N) is 2. The van der Waals surface area contributed by atoms with Crippen LogP contribution < -0.4 is 4.90 Å². The van der Waals surface area contributed by atoms with Crippen molar-refractivity contribution in [3.05, 3.63) is 28.8 Å². The lowest BCUT2D eigenvalue weighted by Gasteiger charge is -2.22. The van der Waals surface area contributed by atoms with Gasteiger partial charge in [0.05, 0.1) is 22.7 Å². The fraction of sp³-hybridized carbons (Fsp3) is 0.438. The molecule has 1 aromatic rings. The van der Waals surface area contributed by atoms with Crippen LogP contribution in [0.5, 0.6) is 0 Å². The molecule has 4 heteroatoms. The third kappa shape index (κ3) is 2.32. The van der Waals surface area contributed by atoms with Crippen LogP contribution in [0, 0.1) is 30.6 Å². The van der Waals surface area contributed by atoms with E-state index in [2.05, 4.69) is 6.07 Å². The SMILES string of the molecule is Cc1cc(C)c2c(c1)N(CCC(C)(C)C#N)C(=O)C2=O. The molecule has 0 radical (unpaired) electrons. The van der Waals surface area contributed by atoms with Crippen molar-refractivity contribution in [1.29, 1.82) is 5.26 Å². The smallest absolute Gasteiger partial charge is 0.299 e. The second-order valence-electron chi connectivity index (χ2n) is 6.01. The first kappa shape index (κ1) is 14.3. The lowest BCUT2D eigenvalue weighted by atomic mass is 9.91. The van der Waals surface area contributed by atoms with Gasteiger partial charge in [0.1, 0.15) is 0 Å². The topological polar surface area (TPSA) is 61.2 Å². The number of nitriles is 1. The van der Waals surface area contributed by atoms with Crippen LogP contribution in [0.3, 0.4) is 0 Å². The van der Waals surface area contributed by atoms with Gasteiger partial charge in [0.15, 0.2) is 0 Å². The molecule has 0 spiro atoms. The van der Waals surface area contributed by atoms with Gasteiger partial charge in [-0.2, -0.15) is 5.26 Å². The van der Waals surface area contributed by atoms with Gasteiger partial charge in [0.2, 0.25) is 0 Å². The summed E-state index contributed by atoms with van der Waals surface area (Å²) in [7, 11) is 0. The van der Waals surface area contributed by atoms with Gasteiger partial charge in [-0.1, -0.05) is 6.07 Å². The van der Waals surface area contributed by atoms with Crippen LogP contribution in [0.2, 0.25) is 0 Å². The van der Waals surface area contributed by atoms with Gasteiger partial charge in [0, 0.05) is 6.54 Å². The number of aryl methyl sites for hydroxylation is 2. The highest BCUT2D eigenvalue weighted by atomic mass is 16.2. The summed E-state index contributed by atoms with van der Waals surface area (Å²) in [5.74, 6) is -0.922. The highest BCUT2D eigenvalue weighted by molar-refractivity contribution is 6.52. The molecule has 0 N–H and O–H groups in total. The van der Waals surface area contributed by atoms with E-state index in [0.29, 0.717) is 24.2 Å². The second kappa shape index (κ2) is 4.75. The number of hydrogen-bond donors (Lipinski definition) is 0. The highest BCUT2D eigenvalue weighted by Gasteiger charge is 2.37. The predicted octanol–water partition coefficient (Wildman–Crippen LogP) is 2.77. The first-order valence-electron chi connectivity index (χ1n) is 6.65. The third-order valence-corrected chi connectivity index (χ3v) is 3.68. The highest BCUT2D eigenvalue weighted by Crippen LogP contribution is 2.33. The van der Waals surface area contributed by atoms with Crippen molar-refractivity contribution in [2.24, 2.45) is 5.41 Å². The minimum absolute atomic E-state index is 0.390. The molecule has 1 aromatic carbocycles. The van der Waals surface area contributed by atoms with Crippen molar-refractivity contribution in [2.45, 2.75) is 34.1 Å². The minimum Gasteiger partial charge on any atom is -0.305 e. The summed E-state index contributed by atoms with van der Waals surface area (Å²) in [5.41, 5.74) is 2.54. The largest absolute Gasteiger partial charge is 0.305 e. The van der Waals surface area contributed by atoms with Crippen LogP contribution in [-0.4, -0.2) is 18.2 Å². The van der Waals surface area contributed by atoms with Gasteiger partial charge in [0.25, 0.3) is 11.7 Å². The number of benzene rings is 1. The Bertz CT molecular complexity index is 639. The van der Waals surface area contributed by atoms with Crippen LogP contribution in [0.25, 0.3) is 0 Å². The number of amides is 1. The molecule has 0 bridgehead atoms. The molecule has 0 aromatic heterocycles. The summed E-state index contributed by atoms with van der Waals surface area (Å²) in [6.07, 6.45) is 0.537. The number of anilines is 1. The molecule has 4 nitrogen and oxygen atoms in total. The van der Waals surface area contributed by atoms with Crippen molar-refractivity contribution in [2.75, 3.05) is 11.4 Å². The Labute approximate surface area is 119 Å². The Kier molecular flexibility index (Phi) is 3.39. The first-order valence-corrected chi connectivity index (χ1v) is 6.65. The van der Waals surface area contributed by atoms with Crippen molar-refractivity contribution in [1.82, 2.24) is 0 Å². The Morgan fingerprint density at radius 3 is 2.50 bits per heavy atom. The fourth-order valence-corrected chi connectivity index (χ4v) is 2.46. The van der Waals surface area contributed by atoms with E-state index >= 15 is 0 Å². The molecule has 0 saturated carbocycles. The van der Waals surface area contributed by atoms with Gasteiger partial charge < -0.3 is 4.90 Å². The molecular formula is C16H18N2O2. The van der Waals surface area contributed by atoms with Gasteiger partial charge >= 0.3 is 0 Å². The maximum absolute atomic E-state index is 12.1. The van der Waals surface area contributed by atoms with E-state index in [1.165, 1.54) is 4.90 Å². The zero-order valence-electron chi connectivity index (χ0n) is 12.3. The Hall–Kier alpha value is -2.15. The van der Waals surface area contributed by atoms with E-state index in [4.69, 9.17) is 5.26 Å². The lowest BCUT2D eigenvalue weighted by Crippen LogP contribution is -2.32. The number of carbonyl (C=O) groups is 2. The Morgan fingerprint density at radius 1 is 1.25 bits per heavy atom. The predicted molar refractivity (Wildman–Crippen MR) is 76.6 cm³/mol. The van der Waals surface area contributed by atoms with Crippen LogP contribution in [-0.2, 0) is 4.79 Å². The second-order valence-corrected chi connectivity index (χ2v) is 6.01. The molecule has 1 aliphatic rings. The van der Waals surface area contributed by atoms with E-state index in [1.54, 1.807) is 0 Å². The fourth-order valence-electron chi connectivity index (χ4n) is 2.46. The summed E-state index contributed by atoms with van der Waals surface area (Å²) in [6.45, 7) is 7.84. The molecule has 2 rings (SSSR count). The normalized spacial score (nSPS) is 14.4.